The molecule has 1 aliphatic carbocycles. The number of aromatic amines is 1. The zero-order valence-electron chi connectivity index (χ0n) is 18.1. The number of primary amides is 1. The van der Waals surface area contributed by atoms with Gasteiger partial charge in [0.1, 0.15) is 17.3 Å². The first-order valence-electron chi connectivity index (χ1n) is 11.0. The number of alkyl halides is 3. The van der Waals surface area contributed by atoms with Gasteiger partial charge in [0.15, 0.2) is 0 Å². The van der Waals surface area contributed by atoms with Crippen LogP contribution in [0.4, 0.5) is 13.2 Å². The van der Waals surface area contributed by atoms with E-state index < -0.39 is 11.7 Å². The van der Waals surface area contributed by atoms with Gasteiger partial charge in [-0.2, -0.15) is 13.2 Å². The summed E-state index contributed by atoms with van der Waals surface area (Å²) in [6, 6.07) is 17.7. The second-order valence-corrected chi connectivity index (χ2v) is 8.60. The molecule has 1 aliphatic rings. The van der Waals surface area contributed by atoms with Gasteiger partial charge < -0.3 is 15.5 Å². The summed E-state index contributed by atoms with van der Waals surface area (Å²) in [4.78, 5) is 19.4. The number of hydrogen-bond acceptors (Lipinski definition) is 3. The number of carbonyl (C=O) groups excluding carboxylic acids is 1. The molecular formula is C26H22F3N3O2. The Morgan fingerprint density at radius 3 is 2.50 bits per heavy atom. The van der Waals surface area contributed by atoms with Crippen LogP contribution in [0.5, 0.6) is 11.5 Å². The summed E-state index contributed by atoms with van der Waals surface area (Å²) in [7, 11) is 0. The summed E-state index contributed by atoms with van der Waals surface area (Å²) in [6.07, 6.45) is -1.96. The maximum atomic E-state index is 13.2. The first-order valence-corrected chi connectivity index (χ1v) is 11.0. The first kappa shape index (κ1) is 22.0. The Balaban J connectivity index is 1.38. The summed E-state index contributed by atoms with van der Waals surface area (Å²) in [5.74, 6) is 0.972. The summed E-state index contributed by atoms with van der Waals surface area (Å²) in [5, 5.41) is 0. The monoisotopic (exact) mass is 465 g/mol. The highest BCUT2D eigenvalue weighted by atomic mass is 19.4. The summed E-state index contributed by atoms with van der Waals surface area (Å²) < 4.78 is 45.1. The third kappa shape index (κ3) is 4.62. The minimum absolute atomic E-state index is 0.115. The minimum Gasteiger partial charge on any atom is -0.457 e. The van der Waals surface area contributed by atoms with Gasteiger partial charge in [0, 0.05) is 12.0 Å². The Bertz CT molecular complexity index is 1340. The molecule has 3 N–H and O–H groups in total. The fourth-order valence-electron chi connectivity index (χ4n) is 4.26. The molecule has 34 heavy (non-hydrogen) atoms. The number of fused-ring (bicyclic) bond motifs is 1. The van der Waals surface area contributed by atoms with Crippen LogP contribution >= 0.6 is 0 Å². The van der Waals surface area contributed by atoms with Gasteiger partial charge in [0.05, 0.1) is 16.6 Å². The number of H-pyrrole nitrogens is 1. The van der Waals surface area contributed by atoms with E-state index in [9.17, 15) is 18.0 Å². The Morgan fingerprint density at radius 1 is 1.09 bits per heavy atom. The third-order valence-corrected chi connectivity index (χ3v) is 6.09. The molecule has 4 aromatic rings. The molecule has 1 atom stereocenters. The van der Waals surface area contributed by atoms with Crippen LogP contribution in [0, 0.1) is 5.92 Å². The van der Waals surface area contributed by atoms with E-state index >= 15 is 0 Å². The lowest BCUT2D eigenvalue weighted by Gasteiger charge is -2.14. The number of carbonyl (C=O) groups is 1. The molecule has 1 amide bonds. The van der Waals surface area contributed by atoms with Gasteiger partial charge in [0.25, 0.3) is 0 Å². The van der Waals surface area contributed by atoms with E-state index in [1.165, 1.54) is 18.2 Å². The van der Waals surface area contributed by atoms with Crippen LogP contribution in [0.3, 0.4) is 0 Å². The van der Waals surface area contributed by atoms with Gasteiger partial charge in [0.2, 0.25) is 5.91 Å². The van der Waals surface area contributed by atoms with Crippen molar-refractivity contribution in [2.24, 2.45) is 11.7 Å². The third-order valence-electron chi connectivity index (χ3n) is 6.09. The number of amides is 1. The summed E-state index contributed by atoms with van der Waals surface area (Å²) in [5.41, 5.74) is 8.10. The molecule has 1 aromatic heterocycles. The van der Waals surface area contributed by atoms with E-state index in [0.717, 1.165) is 41.1 Å². The predicted molar refractivity (Wildman–Crippen MR) is 122 cm³/mol. The van der Waals surface area contributed by atoms with Crippen molar-refractivity contribution in [1.82, 2.24) is 9.97 Å². The van der Waals surface area contributed by atoms with E-state index in [2.05, 4.69) is 9.97 Å². The predicted octanol–water partition coefficient (Wildman–Crippen LogP) is 6.41. The number of benzene rings is 3. The van der Waals surface area contributed by atoms with Crippen molar-refractivity contribution in [3.63, 3.8) is 0 Å². The molecule has 5 rings (SSSR count). The molecule has 0 bridgehead atoms. The number of nitrogens with zero attached hydrogens (tertiary/aromatic N) is 1. The largest absolute Gasteiger partial charge is 0.457 e. The number of ether oxygens (including phenoxy) is 1. The molecular weight excluding hydrogens is 443 g/mol. The Labute approximate surface area is 193 Å². The van der Waals surface area contributed by atoms with Crippen molar-refractivity contribution in [2.45, 2.75) is 31.4 Å². The average Bonchev–Trinajstić information content (AvgIpc) is 3.55. The van der Waals surface area contributed by atoms with Crippen molar-refractivity contribution in [3.8, 4) is 22.9 Å². The summed E-state index contributed by atoms with van der Waals surface area (Å²) in [6.45, 7) is 0. The SMILES string of the molecule is NC(=O)CC(c1ccc2nc(-c3ccc(Oc4ccccc4C(F)(F)F)cc3)[nH]c2c1)C1CC1. The fourth-order valence-corrected chi connectivity index (χ4v) is 4.26. The number of rotatable bonds is 7. The highest BCUT2D eigenvalue weighted by Crippen LogP contribution is 2.45. The molecule has 1 saturated carbocycles. The van der Waals surface area contributed by atoms with E-state index in [1.54, 1.807) is 24.3 Å². The number of aromatic nitrogens is 2. The van der Waals surface area contributed by atoms with E-state index in [4.69, 9.17) is 10.5 Å². The second-order valence-electron chi connectivity index (χ2n) is 8.60. The zero-order valence-corrected chi connectivity index (χ0v) is 18.1. The van der Waals surface area contributed by atoms with Crippen molar-refractivity contribution in [1.29, 1.82) is 0 Å². The lowest BCUT2D eigenvalue weighted by Crippen LogP contribution is -2.16. The Kier molecular flexibility index (Phi) is 5.51. The smallest absolute Gasteiger partial charge is 0.419 e. The van der Waals surface area contributed by atoms with Crippen LogP contribution in [0.15, 0.2) is 66.7 Å². The lowest BCUT2D eigenvalue weighted by molar-refractivity contribution is -0.138. The quantitative estimate of drug-likeness (QED) is 0.331. The maximum absolute atomic E-state index is 13.2. The van der Waals surface area contributed by atoms with Crippen LogP contribution < -0.4 is 10.5 Å². The van der Waals surface area contributed by atoms with Crippen molar-refractivity contribution < 1.29 is 22.7 Å². The highest BCUT2D eigenvalue weighted by Gasteiger charge is 2.34. The first-order chi connectivity index (χ1) is 16.3. The lowest BCUT2D eigenvalue weighted by atomic mass is 9.90. The van der Waals surface area contributed by atoms with Crippen molar-refractivity contribution >= 4 is 16.9 Å². The summed E-state index contributed by atoms with van der Waals surface area (Å²) >= 11 is 0. The van der Waals surface area contributed by atoms with Crippen LogP contribution in [0.1, 0.15) is 36.3 Å². The molecule has 0 aliphatic heterocycles. The van der Waals surface area contributed by atoms with Gasteiger partial charge in [-0.05, 0) is 78.8 Å². The highest BCUT2D eigenvalue weighted by molar-refractivity contribution is 5.81. The van der Waals surface area contributed by atoms with Crippen molar-refractivity contribution in [3.05, 3.63) is 77.9 Å². The number of nitrogens with two attached hydrogens (primary N) is 1. The van der Waals surface area contributed by atoms with Gasteiger partial charge in [-0.15, -0.1) is 0 Å². The maximum Gasteiger partial charge on any atom is 0.419 e. The molecule has 1 fully saturated rings. The fraction of sp³-hybridized carbons (Fsp3) is 0.231. The van der Waals surface area contributed by atoms with Gasteiger partial charge >= 0.3 is 6.18 Å². The van der Waals surface area contributed by atoms with E-state index in [1.807, 2.05) is 18.2 Å². The molecule has 0 radical (unpaired) electrons. The number of nitrogens with one attached hydrogen (secondary N) is 1. The molecule has 5 nitrogen and oxygen atoms in total. The van der Waals surface area contributed by atoms with Gasteiger partial charge in [-0.3, -0.25) is 4.79 Å². The number of halogens is 3. The molecule has 3 aromatic carbocycles. The molecule has 0 saturated heterocycles. The minimum atomic E-state index is -4.50. The van der Waals surface area contributed by atoms with Crippen LogP contribution in [-0.2, 0) is 11.0 Å². The van der Waals surface area contributed by atoms with Gasteiger partial charge in [-0.25, -0.2) is 4.98 Å². The van der Waals surface area contributed by atoms with Gasteiger partial charge in [-0.1, -0.05) is 18.2 Å². The second kappa shape index (κ2) is 8.52. The average molecular weight is 465 g/mol. The Morgan fingerprint density at radius 2 is 1.82 bits per heavy atom. The van der Waals surface area contributed by atoms with Crippen LogP contribution in [-0.4, -0.2) is 15.9 Å². The molecule has 1 heterocycles. The zero-order chi connectivity index (χ0) is 23.9. The molecule has 0 spiro atoms. The van der Waals surface area contributed by atoms with E-state index in [0.29, 0.717) is 18.2 Å². The topological polar surface area (TPSA) is 81.0 Å². The van der Waals surface area contributed by atoms with Crippen molar-refractivity contribution in [2.75, 3.05) is 0 Å². The molecule has 1 unspecified atom stereocenters. The molecule has 8 heteroatoms. The van der Waals surface area contributed by atoms with Crippen LogP contribution in [0.25, 0.3) is 22.4 Å². The number of hydrogen-bond donors (Lipinski definition) is 2. The normalized spacial score (nSPS) is 14.8. The molecule has 174 valence electrons. The number of imidazole rings is 1. The standard InChI is InChI=1S/C26H22F3N3O2/c27-26(28,29)20-3-1-2-4-23(20)34-18-10-7-16(8-11-18)25-31-21-12-9-17(13-22(21)32-25)19(14-24(30)33)15-5-6-15/h1-4,7-13,15,19H,5-6,14H2,(H2,30,33)(H,31,32). The number of para-hydroxylation sites is 1. The van der Waals surface area contributed by atoms with Crippen LogP contribution in [0.2, 0.25) is 0 Å². The Hall–Kier alpha value is -3.81. The van der Waals surface area contributed by atoms with E-state index in [-0.39, 0.29) is 23.3 Å².